The van der Waals surface area contributed by atoms with Crippen molar-refractivity contribution in [2.45, 2.75) is 13.3 Å². The van der Waals surface area contributed by atoms with Gasteiger partial charge in [-0.05, 0) is 25.1 Å². The molecule has 0 heterocycles. The molecule has 0 aliphatic carbocycles. The summed E-state index contributed by atoms with van der Waals surface area (Å²) in [6.45, 7) is 2.21. The second-order valence-corrected chi connectivity index (χ2v) is 3.17. The van der Waals surface area contributed by atoms with E-state index in [2.05, 4.69) is 5.32 Å². The van der Waals surface area contributed by atoms with Gasteiger partial charge in [0.1, 0.15) is 0 Å². The van der Waals surface area contributed by atoms with E-state index in [-0.39, 0.29) is 0 Å². The molecular weight excluding hydrogens is 210 g/mol. The van der Waals surface area contributed by atoms with E-state index in [0.717, 1.165) is 0 Å². The topological polar surface area (TPSA) is 98.8 Å². The van der Waals surface area contributed by atoms with Gasteiger partial charge in [0.2, 0.25) is 6.41 Å². The first kappa shape index (κ1) is 12.3. The van der Waals surface area contributed by atoms with Crippen molar-refractivity contribution in [2.75, 3.05) is 16.8 Å². The van der Waals surface area contributed by atoms with Crippen LogP contribution in [0.15, 0.2) is 24.3 Å². The summed E-state index contributed by atoms with van der Waals surface area (Å²) in [4.78, 5) is 12.0. The molecule has 0 unspecified atom stereocenters. The van der Waals surface area contributed by atoms with E-state index >= 15 is 0 Å². The van der Waals surface area contributed by atoms with Gasteiger partial charge in [-0.2, -0.15) is 0 Å². The highest BCUT2D eigenvalue weighted by molar-refractivity contribution is 5.88. The molecule has 1 rings (SSSR count). The van der Waals surface area contributed by atoms with Crippen molar-refractivity contribution in [3.63, 3.8) is 0 Å². The maximum atomic E-state index is 10.7. The Morgan fingerprint density at radius 1 is 1.56 bits per heavy atom. The summed E-state index contributed by atoms with van der Waals surface area (Å²) < 4.78 is 0. The minimum atomic E-state index is -1.58. The van der Waals surface area contributed by atoms with E-state index in [1.54, 1.807) is 31.2 Å². The smallest absolute Gasteiger partial charge is 0.316 e. The van der Waals surface area contributed by atoms with E-state index in [4.69, 9.17) is 15.9 Å². The highest BCUT2D eigenvalue weighted by Crippen LogP contribution is 2.20. The van der Waals surface area contributed by atoms with Crippen molar-refractivity contribution < 1.29 is 15.0 Å². The molecule has 16 heavy (non-hydrogen) atoms. The van der Waals surface area contributed by atoms with Gasteiger partial charge in [-0.15, -0.1) is 0 Å². The first-order chi connectivity index (χ1) is 7.54. The van der Waals surface area contributed by atoms with E-state index in [1.165, 1.54) is 4.90 Å². The lowest BCUT2D eigenvalue weighted by atomic mass is 10.2. The minimum Gasteiger partial charge on any atom is -0.351 e. The lowest BCUT2D eigenvalue weighted by Crippen LogP contribution is -2.34. The molecule has 2 amide bonds. The summed E-state index contributed by atoms with van der Waals surface area (Å²) in [5, 5.41) is 20.6. The molecule has 88 valence electrons. The molecule has 0 saturated carbocycles. The third kappa shape index (κ3) is 3.11. The molecule has 0 bridgehead atoms. The number of carbonyl (C=O) groups is 1. The number of nitrogens with two attached hydrogens (primary N) is 1. The van der Waals surface area contributed by atoms with Crippen LogP contribution in [0, 0.1) is 0 Å². The lowest BCUT2D eigenvalue weighted by Gasteiger charge is -2.25. The highest BCUT2D eigenvalue weighted by Gasteiger charge is 2.11. The Labute approximate surface area is 93.3 Å². The van der Waals surface area contributed by atoms with Gasteiger partial charge < -0.3 is 26.2 Å². The number of hydrogen-bond donors (Lipinski definition) is 4. The second-order valence-electron chi connectivity index (χ2n) is 3.17. The number of aliphatic hydroxyl groups excluding tert-OH is 1. The zero-order chi connectivity index (χ0) is 12.1. The Morgan fingerprint density at radius 3 is 2.75 bits per heavy atom. The predicted octanol–water partition coefficient (Wildman–Crippen LogP) is 0.272. The van der Waals surface area contributed by atoms with Crippen molar-refractivity contribution in [1.82, 2.24) is 0 Å². The highest BCUT2D eigenvalue weighted by atomic mass is 16.5. The Morgan fingerprint density at radius 2 is 2.25 bits per heavy atom. The number of hydrogen-bond acceptors (Lipinski definition) is 4. The van der Waals surface area contributed by atoms with Gasteiger partial charge in [-0.3, -0.25) is 0 Å². The summed E-state index contributed by atoms with van der Waals surface area (Å²) in [5.74, 6) is 0. The van der Waals surface area contributed by atoms with Crippen molar-refractivity contribution in [1.29, 1.82) is 0 Å². The number of urea groups is 1. The summed E-state index contributed by atoms with van der Waals surface area (Å²) in [7, 11) is 0. The van der Waals surface area contributed by atoms with Crippen LogP contribution >= 0.6 is 0 Å². The summed E-state index contributed by atoms with van der Waals surface area (Å²) in [6, 6.07) is 5.99. The van der Waals surface area contributed by atoms with Gasteiger partial charge in [-0.25, -0.2) is 4.79 Å². The first-order valence-corrected chi connectivity index (χ1v) is 4.84. The number of anilines is 2. The van der Waals surface area contributed by atoms with Crippen LogP contribution in [0.5, 0.6) is 0 Å². The van der Waals surface area contributed by atoms with Crippen molar-refractivity contribution in [3.05, 3.63) is 24.3 Å². The molecule has 0 aliphatic heterocycles. The minimum absolute atomic E-state index is 0.428. The molecule has 6 heteroatoms. The van der Waals surface area contributed by atoms with E-state index in [9.17, 15) is 4.79 Å². The van der Waals surface area contributed by atoms with Crippen molar-refractivity contribution >= 4 is 17.4 Å². The average Bonchev–Trinajstić information content (AvgIpc) is 2.17. The van der Waals surface area contributed by atoms with Crippen LogP contribution in [0.2, 0.25) is 0 Å². The molecule has 0 atom stereocenters. The maximum absolute atomic E-state index is 10.7. The number of aliphatic hydroxyl groups is 2. The molecule has 0 radical (unpaired) electrons. The molecule has 6 nitrogen and oxygen atoms in total. The third-order valence-electron chi connectivity index (χ3n) is 2.06. The third-order valence-corrected chi connectivity index (χ3v) is 2.06. The first-order valence-electron chi connectivity index (χ1n) is 4.84. The number of primary amides is 1. The van der Waals surface area contributed by atoms with E-state index in [0.29, 0.717) is 17.9 Å². The molecule has 1 aromatic carbocycles. The normalized spacial score (nSPS) is 10.2. The van der Waals surface area contributed by atoms with Crippen molar-refractivity contribution in [3.8, 4) is 0 Å². The predicted molar refractivity (Wildman–Crippen MR) is 60.9 cm³/mol. The number of benzene rings is 1. The van der Waals surface area contributed by atoms with E-state index in [1.807, 2.05) is 0 Å². The van der Waals surface area contributed by atoms with Crippen LogP contribution in [-0.4, -0.2) is 29.2 Å². The standard InChI is InChI=1S/C10H15N3O3/c1-2-13(10(15)16)8-5-3-4-7(6-8)12-9(11)14/h3-6,10,15-16H,2H2,1H3,(H3,11,12,14). The van der Waals surface area contributed by atoms with Gasteiger partial charge in [0.05, 0.1) is 0 Å². The SMILES string of the molecule is CCN(c1cccc(NC(N)=O)c1)C(O)O. The van der Waals surface area contributed by atoms with Gasteiger partial charge in [-0.1, -0.05) is 6.07 Å². The van der Waals surface area contributed by atoms with Crippen LogP contribution in [0.3, 0.4) is 0 Å². The molecular formula is C10H15N3O3. The fourth-order valence-corrected chi connectivity index (χ4v) is 1.38. The Bertz CT molecular complexity index is 368. The maximum Gasteiger partial charge on any atom is 0.316 e. The molecule has 0 aliphatic rings. The van der Waals surface area contributed by atoms with Gasteiger partial charge in [0.15, 0.2) is 0 Å². The molecule has 0 saturated heterocycles. The van der Waals surface area contributed by atoms with Crippen LogP contribution in [0.25, 0.3) is 0 Å². The number of nitrogens with zero attached hydrogens (tertiary/aromatic N) is 1. The number of rotatable bonds is 4. The quantitative estimate of drug-likeness (QED) is 0.553. The molecule has 0 aromatic heterocycles. The number of amides is 2. The fourth-order valence-electron chi connectivity index (χ4n) is 1.38. The molecule has 0 spiro atoms. The van der Waals surface area contributed by atoms with Gasteiger partial charge in [0, 0.05) is 17.9 Å². The monoisotopic (exact) mass is 225 g/mol. The summed E-state index contributed by atoms with van der Waals surface area (Å²) >= 11 is 0. The van der Waals surface area contributed by atoms with Crippen LogP contribution in [0.1, 0.15) is 6.92 Å². The van der Waals surface area contributed by atoms with Gasteiger partial charge in [0.25, 0.3) is 0 Å². The van der Waals surface area contributed by atoms with Crippen LogP contribution < -0.4 is 16.0 Å². The zero-order valence-corrected chi connectivity index (χ0v) is 8.92. The van der Waals surface area contributed by atoms with Crippen molar-refractivity contribution in [2.24, 2.45) is 5.73 Å². The molecule has 0 fully saturated rings. The van der Waals surface area contributed by atoms with Gasteiger partial charge >= 0.3 is 6.03 Å². The second kappa shape index (κ2) is 5.34. The Balaban J connectivity index is 2.92. The summed E-state index contributed by atoms with van der Waals surface area (Å²) in [5.41, 5.74) is 6.07. The fraction of sp³-hybridized carbons (Fsp3) is 0.300. The van der Waals surface area contributed by atoms with Crippen LogP contribution in [-0.2, 0) is 0 Å². The average molecular weight is 225 g/mol. The Kier molecular flexibility index (Phi) is 4.10. The van der Waals surface area contributed by atoms with E-state index < -0.39 is 12.4 Å². The lowest BCUT2D eigenvalue weighted by molar-refractivity contribution is -0.0401. The number of carbonyl (C=O) groups excluding carboxylic acids is 1. The molecule has 1 aromatic rings. The molecule has 5 N–H and O–H groups in total. The number of nitrogens with one attached hydrogen (secondary N) is 1. The Hall–Kier alpha value is -1.79. The van der Waals surface area contributed by atoms with Crippen LogP contribution in [0.4, 0.5) is 16.2 Å². The zero-order valence-electron chi connectivity index (χ0n) is 8.92. The largest absolute Gasteiger partial charge is 0.351 e. The summed E-state index contributed by atoms with van der Waals surface area (Å²) in [6.07, 6.45) is -1.58.